The summed E-state index contributed by atoms with van der Waals surface area (Å²) in [5.74, 6) is 0. The lowest BCUT2D eigenvalue weighted by molar-refractivity contribution is 0.155. The van der Waals surface area contributed by atoms with Crippen molar-refractivity contribution < 1.29 is 55.8 Å². The fourth-order valence-electron chi connectivity index (χ4n) is 15.0. The number of nitrogens with zero attached hydrogens (tertiary/aromatic N) is 8. The first-order chi connectivity index (χ1) is 56.7. The molecule has 0 atom stereocenters. The molecule has 33 heteroatoms. The first-order valence-corrected chi connectivity index (χ1v) is 61.9. The zero-order valence-electron chi connectivity index (χ0n) is 78.6. The van der Waals surface area contributed by atoms with Gasteiger partial charge in [0, 0.05) is 119 Å². The molecular weight excluding hydrogens is 1880 g/mol. The smallest absolute Gasteiger partial charge is 0.411 e. The van der Waals surface area contributed by atoms with E-state index in [4.69, 9.17) is 36.7 Å². The van der Waals surface area contributed by atoms with Gasteiger partial charge in [0.25, 0.3) is 0 Å². The van der Waals surface area contributed by atoms with E-state index in [-0.39, 0.29) is 0 Å². The van der Waals surface area contributed by atoms with Crippen LogP contribution in [-0.4, -0.2) is 271 Å². The standard InChI is InChI=1S/C88H156Br4N12O12Si5/c1-97(2)61-69-53-77(54-70(81(69)89)62-98(3)4)93-85(105)109-37-25-29-41-113-117(17,18)45-33-49-121(50-34-46-118(19,20)114-42-30-26-38-110-86(106)94-78-55-71(63-99(5)6)82(90)72(56-78)64-100(7)8,51-35-47-119(21,22)115-43-31-27-39-111-87(107)95-79-57-73(65-101(9)10)83(91)74(58-79)66-102(11)12)52-36-48-120(23,24)116-44-32-28-40-112-88(108)96-80-59-75(67-103(13)14)84(92)76(60-80)68-104(15)16/h53-60H,25-52,61-68H2,1-24H3,(H,93,105)(H,94,106)(H,95,107)(H,96,108). The van der Waals surface area contributed by atoms with E-state index >= 15 is 0 Å². The van der Waals surface area contributed by atoms with Crippen molar-refractivity contribution in [2.45, 2.75) is 230 Å². The highest BCUT2D eigenvalue weighted by Crippen LogP contribution is 2.40. The lowest BCUT2D eigenvalue weighted by Crippen LogP contribution is -2.39. The van der Waals surface area contributed by atoms with Gasteiger partial charge in [-0.3, -0.25) is 21.3 Å². The average molecular weight is 2030 g/mol. The monoisotopic (exact) mass is 2030 g/mol. The largest absolute Gasteiger partial charge is 0.449 e. The molecule has 0 spiro atoms. The molecule has 0 saturated heterocycles. The number of nitrogens with one attached hydrogen (secondary N) is 4. The Morgan fingerprint density at radius 1 is 0.248 bits per heavy atom. The van der Waals surface area contributed by atoms with E-state index in [1.54, 1.807) is 0 Å². The summed E-state index contributed by atoms with van der Waals surface area (Å²) in [7, 11) is 22.1. The number of anilines is 4. The highest BCUT2D eigenvalue weighted by molar-refractivity contribution is 9.11. The Balaban J connectivity index is 1.49. The lowest BCUT2D eigenvalue weighted by Gasteiger charge is -2.36. The molecule has 0 saturated carbocycles. The SMILES string of the molecule is CN(C)Cc1cc(NC(=O)OCCCCO[Si](C)(C)CCC[Si](CCC[Si](C)(C)OCCCCOC(=O)Nc2cc(CN(C)C)c(Br)c(CN(C)C)c2)(CCC[Si](C)(C)OCCCCOC(=O)Nc2cc(CN(C)C)c(Br)c(CN(C)C)c2)CCC[Si](C)(C)OCCCCOC(=O)Nc2cc(CN(C)C)c(Br)c(CN(C)C)c2)cc(CN(C)C)c1Br. The molecule has 0 heterocycles. The number of unbranched alkanes of at least 4 members (excludes halogenated alkanes) is 4. The summed E-state index contributed by atoms with van der Waals surface area (Å²) in [5, 5.41) is 12.0. The summed E-state index contributed by atoms with van der Waals surface area (Å²) in [5.41, 5.74) is 11.6. The second-order valence-electron chi connectivity index (χ2n) is 37.6. The highest BCUT2D eigenvalue weighted by Gasteiger charge is 2.37. The summed E-state index contributed by atoms with van der Waals surface area (Å²) >= 11 is 15.3. The third-order valence-corrected chi connectivity index (χ3v) is 40.7. The molecule has 0 unspecified atom stereocenters. The average Bonchev–Trinajstić information content (AvgIpc) is 0.835. The second-order valence-corrected chi connectivity index (χ2v) is 63.0. The molecule has 0 aliphatic heterocycles. The summed E-state index contributed by atoms with van der Waals surface area (Å²) in [6.07, 6.45) is 8.66. The van der Waals surface area contributed by atoms with Crippen molar-refractivity contribution in [1.82, 2.24) is 39.2 Å². The van der Waals surface area contributed by atoms with Crippen molar-refractivity contribution in [2.24, 2.45) is 0 Å². The van der Waals surface area contributed by atoms with Crippen LogP contribution in [0, 0.1) is 0 Å². The molecule has 4 aromatic rings. The Labute approximate surface area is 769 Å². The van der Waals surface area contributed by atoms with Gasteiger partial charge in [0.2, 0.25) is 0 Å². The van der Waals surface area contributed by atoms with Gasteiger partial charge in [0.15, 0.2) is 33.3 Å². The van der Waals surface area contributed by atoms with E-state index in [2.05, 4.69) is 177 Å². The topological polar surface area (TPSA) is 216 Å². The molecule has 121 heavy (non-hydrogen) atoms. The Morgan fingerprint density at radius 2 is 0.397 bits per heavy atom. The van der Waals surface area contributed by atoms with Crippen LogP contribution in [0.25, 0.3) is 0 Å². The van der Waals surface area contributed by atoms with Gasteiger partial charge in [-0.1, -0.05) is 114 Å². The Kier molecular flexibility index (Phi) is 50.9. The number of halogens is 4. The van der Waals surface area contributed by atoms with Gasteiger partial charge in [0.1, 0.15) is 0 Å². The predicted molar refractivity (Wildman–Crippen MR) is 529 cm³/mol. The van der Waals surface area contributed by atoms with Crippen molar-refractivity contribution >= 4 is 152 Å². The normalized spacial score (nSPS) is 12.5. The molecule has 0 aliphatic carbocycles. The van der Waals surface area contributed by atoms with Gasteiger partial charge in [0.05, 0.1) is 34.5 Å². The van der Waals surface area contributed by atoms with Crippen LogP contribution >= 0.6 is 63.7 Å². The number of ether oxygens (including phenoxy) is 4. The van der Waals surface area contributed by atoms with Gasteiger partial charge in [-0.05, 0) is 334 Å². The number of hydrogen-bond acceptors (Lipinski definition) is 20. The summed E-state index contributed by atoms with van der Waals surface area (Å²) in [6, 6.07) is 25.3. The number of carbonyl (C=O) groups excluding carboxylic acids is 4. The first-order valence-electron chi connectivity index (χ1n) is 43.5. The molecule has 0 aliphatic rings. The summed E-state index contributed by atoms with van der Waals surface area (Å²) in [4.78, 5) is 69.7. The van der Waals surface area contributed by atoms with E-state index in [1.165, 1.54) is 24.2 Å². The van der Waals surface area contributed by atoms with Crippen molar-refractivity contribution in [3.63, 3.8) is 0 Å². The van der Waals surface area contributed by atoms with E-state index < -0.39 is 65.7 Å². The molecule has 0 radical (unpaired) electrons. The number of carbonyl (C=O) groups is 4. The Hall–Kier alpha value is -3.52. The third kappa shape index (κ3) is 46.9. The van der Waals surface area contributed by atoms with Crippen LogP contribution in [0.4, 0.5) is 41.9 Å². The zero-order valence-corrected chi connectivity index (χ0v) is 89.9. The van der Waals surface area contributed by atoms with Gasteiger partial charge in [-0.15, -0.1) is 0 Å². The van der Waals surface area contributed by atoms with E-state index in [0.717, 1.165) is 190 Å². The fourth-order valence-corrected chi connectivity index (χ4v) is 31.0. The van der Waals surface area contributed by atoms with E-state index in [9.17, 15) is 19.2 Å². The van der Waals surface area contributed by atoms with Crippen LogP contribution in [0.3, 0.4) is 0 Å². The zero-order chi connectivity index (χ0) is 90.3. The van der Waals surface area contributed by atoms with Gasteiger partial charge < -0.3 is 75.9 Å². The molecule has 4 rings (SSSR count). The minimum absolute atomic E-state index is 0.304. The van der Waals surface area contributed by atoms with Crippen LogP contribution < -0.4 is 21.3 Å². The van der Waals surface area contributed by atoms with Crippen LogP contribution in [-0.2, 0) is 89.0 Å². The van der Waals surface area contributed by atoms with Crippen LogP contribution in [0.2, 0.25) is 101 Å². The molecule has 4 amide bonds. The first kappa shape index (κ1) is 110. The maximum atomic E-state index is 13.2. The molecular formula is C88H156Br4N12O12Si5. The highest BCUT2D eigenvalue weighted by atomic mass is 79.9. The molecule has 24 nitrogen and oxygen atoms in total. The van der Waals surface area contributed by atoms with Crippen LogP contribution in [0.15, 0.2) is 66.4 Å². The molecule has 4 aromatic carbocycles. The quantitative estimate of drug-likeness (QED) is 0.0184. The van der Waals surface area contributed by atoms with Gasteiger partial charge >= 0.3 is 24.4 Å². The van der Waals surface area contributed by atoms with Gasteiger partial charge in [-0.2, -0.15) is 0 Å². The third-order valence-electron chi connectivity index (χ3n) is 20.8. The molecule has 0 fully saturated rings. The molecule has 0 bridgehead atoms. The van der Waals surface area contributed by atoms with Gasteiger partial charge in [-0.25, -0.2) is 19.2 Å². The van der Waals surface area contributed by atoms with Crippen molar-refractivity contribution in [3.05, 3.63) is 111 Å². The van der Waals surface area contributed by atoms with Crippen molar-refractivity contribution in [2.75, 3.05) is 187 Å². The van der Waals surface area contributed by atoms with Crippen molar-refractivity contribution in [1.29, 1.82) is 0 Å². The number of rotatable bonds is 60. The number of amides is 4. The number of benzene rings is 4. The Morgan fingerprint density at radius 3 is 0.545 bits per heavy atom. The van der Waals surface area contributed by atoms with Crippen LogP contribution in [0.1, 0.15) is 122 Å². The number of hydrogen-bond donors (Lipinski definition) is 4. The van der Waals surface area contributed by atoms with E-state index in [0.29, 0.717) is 101 Å². The van der Waals surface area contributed by atoms with E-state index in [1.807, 2.05) is 161 Å². The Bertz CT molecular complexity index is 3170. The summed E-state index contributed by atoms with van der Waals surface area (Å²) in [6.45, 7) is 28.5. The fraction of sp³-hybridized carbons (Fsp3) is 0.682. The molecule has 4 N–H and O–H groups in total. The molecule has 0 aromatic heterocycles. The maximum absolute atomic E-state index is 13.2. The van der Waals surface area contributed by atoms with Crippen molar-refractivity contribution in [3.8, 4) is 0 Å². The lowest BCUT2D eigenvalue weighted by atomic mass is 10.1. The second kappa shape index (κ2) is 56.0. The predicted octanol–water partition coefficient (Wildman–Crippen LogP) is 21.5. The maximum Gasteiger partial charge on any atom is 0.411 e. The summed E-state index contributed by atoms with van der Waals surface area (Å²) < 4.78 is 54.7. The van der Waals surface area contributed by atoms with Crippen LogP contribution in [0.5, 0.6) is 0 Å². The minimum Gasteiger partial charge on any atom is -0.449 e. The molecule has 688 valence electrons. The minimum atomic E-state index is -2.11.